The monoisotopic (exact) mass is 398 g/mol. The summed E-state index contributed by atoms with van der Waals surface area (Å²) >= 11 is 5.61. The van der Waals surface area contributed by atoms with Gasteiger partial charge in [0.1, 0.15) is 13.1 Å². The topological polar surface area (TPSA) is 47.0 Å². The molecule has 1 aliphatic heterocycles. The van der Waals surface area contributed by atoms with E-state index < -0.39 is 6.04 Å². The summed E-state index contributed by atoms with van der Waals surface area (Å²) in [6.45, 7) is 7.24. The van der Waals surface area contributed by atoms with Gasteiger partial charge in [-0.05, 0) is 17.0 Å². The number of benzene rings is 1. The highest BCUT2D eigenvalue weighted by atomic mass is 32.1. The molecule has 0 saturated carbocycles. The van der Waals surface area contributed by atoms with Crippen molar-refractivity contribution < 1.29 is 19.0 Å². The molecule has 1 aliphatic rings. The second kappa shape index (κ2) is 10.4. The van der Waals surface area contributed by atoms with Crippen molar-refractivity contribution in [2.45, 2.75) is 19.4 Å². The Bertz CT molecular complexity index is 787. The number of rotatable bonds is 8. The van der Waals surface area contributed by atoms with E-state index >= 15 is 0 Å². The largest absolute Gasteiger partial charge is 0.758 e. The van der Waals surface area contributed by atoms with Crippen LogP contribution in [0.3, 0.4) is 0 Å². The number of quaternary nitrogens is 1. The molecule has 0 aliphatic carbocycles. The number of nitrogens with one attached hydrogen (secondary N) is 1. The Kier molecular flexibility index (Phi) is 7.65. The Balaban J connectivity index is 1.77. The number of aryl methyl sites for hydroxylation is 1. The molecule has 1 fully saturated rings. The fourth-order valence-corrected chi connectivity index (χ4v) is 3.66. The summed E-state index contributed by atoms with van der Waals surface area (Å²) in [5.41, 5.74) is 1.87. The quantitative estimate of drug-likeness (QED) is 0.236. The van der Waals surface area contributed by atoms with E-state index in [4.69, 9.17) is 17.4 Å². The Morgan fingerprint density at radius 1 is 1.18 bits per heavy atom. The van der Waals surface area contributed by atoms with E-state index in [1.54, 1.807) is 0 Å². The summed E-state index contributed by atoms with van der Waals surface area (Å²) in [6, 6.07) is 12.9. The van der Waals surface area contributed by atoms with Crippen LogP contribution < -0.4 is 9.47 Å². The number of carbonyl (C=O) groups excluding carboxylic acids is 1. The molecule has 0 bridgehead atoms. The summed E-state index contributed by atoms with van der Waals surface area (Å²) in [5, 5.41) is 0.438. The SMILES string of the molecule is CCc1ccc(C(=O)[C@H](C([S-])=NCC[NH+]2CCOCC2)[n+]2ccccc2)cc1. The smallest absolute Gasteiger partial charge is 0.237 e. The molecular formula is C22H28N3O2S+. The third-order valence-electron chi connectivity index (χ3n) is 5.10. The van der Waals surface area contributed by atoms with E-state index in [2.05, 4.69) is 11.9 Å². The van der Waals surface area contributed by atoms with Gasteiger partial charge in [0.05, 0.1) is 26.3 Å². The van der Waals surface area contributed by atoms with Crippen molar-refractivity contribution in [3.63, 3.8) is 0 Å². The summed E-state index contributed by atoms with van der Waals surface area (Å²) in [7, 11) is 0. The van der Waals surface area contributed by atoms with E-state index in [1.807, 2.05) is 59.4 Å². The normalized spacial score (nSPS) is 16.7. The molecule has 6 heteroatoms. The Morgan fingerprint density at radius 2 is 1.86 bits per heavy atom. The molecule has 2 heterocycles. The minimum Gasteiger partial charge on any atom is -0.758 e. The lowest BCUT2D eigenvalue weighted by Crippen LogP contribution is -3.14. The highest BCUT2D eigenvalue weighted by Crippen LogP contribution is 2.13. The van der Waals surface area contributed by atoms with E-state index in [-0.39, 0.29) is 5.78 Å². The average Bonchev–Trinajstić information content (AvgIpc) is 2.75. The number of ketones is 1. The lowest BCUT2D eigenvalue weighted by molar-refractivity contribution is -0.906. The van der Waals surface area contributed by atoms with Gasteiger partial charge in [0.25, 0.3) is 0 Å². The molecule has 0 unspecified atom stereocenters. The first-order chi connectivity index (χ1) is 13.7. The van der Waals surface area contributed by atoms with Crippen molar-refractivity contribution in [2.24, 2.45) is 4.99 Å². The molecule has 5 nitrogen and oxygen atoms in total. The van der Waals surface area contributed by atoms with E-state index in [0.717, 1.165) is 39.3 Å². The number of Topliss-reactive ketones (excluding diaryl/α,β-unsaturated/α-hetero) is 1. The van der Waals surface area contributed by atoms with Gasteiger partial charge in [-0.25, -0.2) is 0 Å². The van der Waals surface area contributed by atoms with Crippen LogP contribution in [0.4, 0.5) is 0 Å². The zero-order valence-electron chi connectivity index (χ0n) is 16.3. The van der Waals surface area contributed by atoms with Gasteiger partial charge >= 0.3 is 0 Å². The number of carbonyl (C=O) groups is 1. The van der Waals surface area contributed by atoms with Gasteiger partial charge in [-0.1, -0.05) is 37.3 Å². The van der Waals surface area contributed by atoms with Gasteiger partial charge in [-0.2, -0.15) is 4.57 Å². The van der Waals surface area contributed by atoms with E-state index in [0.29, 0.717) is 17.2 Å². The summed E-state index contributed by atoms with van der Waals surface area (Å²) in [5.74, 6) is -0.0219. The van der Waals surface area contributed by atoms with Gasteiger partial charge < -0.3 is 27.3 Å². The number of hydrogen-bond acceptors (Lipinski definition) is 4. The third kappa shape index (κ3) is 5.44. The first-order valence-corrected chi connectivity index (χ1v) is 10.3. The minimum absolute atomic E-state index is 0.0219. The number of aromatic nitrogens is 1. The molecule has 2 aromatic rings. The van der Waals surface area contributed by atoms with Crippen molar-refractivity contribution in [1.82, 2.24) is 0 Å². The zero-order chi connectivity index (χ0) is 19.8. The van der Waals surface area contributed by atoms with Crippen LogP contribution in [0.15, 0.2) is 59.9 Å². The molecule has 0 amide bonds. The van der Waals surface area contributed by atoms with Crippen molar-refractivity contribution in [3.8, 4) is 0 Å². The molecule has 1 N–H and O–H groups in total. The predicted octanol–water partition coefficient (Wildman–Crippen LogP) is 0.821. The molecule has 1 saturated heterocycles. The number of pyridine rings is 1. The number of hydrogen-bond donors (Lipinski definition) is 1. The van der Waals surface area contributed by atoms with Gasteiger partial charge in [0.2, 0.25) is 11.8 Å². The van der Waals surface area contributed by atoms with Gasteiger partial charge in [-0.3, -0.25) is 4.79 Å². The van der Waals surface area contributed by atoms with E-state index in [9.17, 15) is 4.79 Å². The number of morpholine rings is 1. The summed E-state index contributed by atoms with van der Waals surface area (Å²) < 4.78 is 7.25. The minimum atomic E-state index is -0.594. The molecule has 0 spiro atoms. The summed E-state index contributed by atoms with van der Waals surface area (Å²) in [6.07, 6.45) is 4.69. The van der Waals surface area contributed by atoms with Crippen LogP contribution in [0.1, 0.15) is 28.9 Å². The first kappa shape index (κ1) is 20.6. The van der Waals surface area contributed by atoms with Gasteiger partial charge in [0.15, 0.2) is 12.4 Å². The molecule has 0 radical (unpaired) electrons. The molecule has 28 heavy (non-hydrogen) atoms. The zero-order valence-corrected chi connectivity index (χ0v) is 17.2. The molecule has 1 atom stereocenters. The van der Waals surface area contributed by atoms with Crippen LogP contribution in [-0.4, -0.2) is 50.2 Å². The second-order valence-electron chi connectivity index (χ2n) is 6.97. The van der Waals surface area contributed by atoms with Crippen LogP contribution >= 0.6 is 0 Å². The standard InChI is InChI=1S/C22H27N3O2S/c1-2-18-6-8-19(9-7-18)21(26)20(25-11-4-3-5-12-25)22(28)23-10-13-24-14-16-27-17-15-24/h3-9,11-12,20H,2,10,13-17H2,1H3/p+1/t20-/m1/s1. The number of aliphatic imine (C=N–C) groups is 1. The highest BCUT2D eigenvalue weighted by Gasteiger charge is 2.28. The number of ether oxygens (including phenoxy) is 1. The van der Waals surface area contributed by atoms with Crippen molar-refractivity contribution >= 4 is 23.5 Å². The van der Waals surface area contributed by atoms with Crippen LogP contribution in [0.5, 0.6) is 0 Å². The van der Waals surface area contributed by atoms with Gasteiger partial charge in [-0.15, -0.1) is 0 Å². The summed E-state index contributed by atoms with van der Waals surface area (Å²) in [4.78, 5) is 19.3. The van der Waals surface area contributed by atoms with Crippen LogP contribution in [0, 0.1) is 0 Å². The number of nitrogens with zero attached hydrogens (tertiary/aromatic N) is 2. The molecule has 1 aromatic heterocycles. The second-order valence-corrected chi connectivity index (χ2v) is 7.39. The van der Waals surface area contributed by atoms with Crippen molar-refractivity contribution in [2.75, 3.05) is 39.4 Å². The lowest BCUT2D eigenvalue weighted by Gasteiger charge is -2.24. The molecule has 1 aromatic carbocycles. The fourth-order valence-electron chi connectivity index (χ4n) is 3.34. The fraction of sp³-hybridized carbons (Fsp3) is 0.409. The lowest BCUT2D eigenvalue weighted by atomic mass is 10.0. The Labute approximate surface area is 172 Å². The maximum Gasteiger partial charge on any atom is 0.237 e. The highest BCUT2D eigenvalue weighted by molar-refractivity contribution is 7.77. The molecule has 3 rings (SSSR count). The Hall–Kier alpha value is -2.15. The maximum absolute atomic E-state index is 13.3. The first-order valence-electron chi connectivity index (χ1n) is 9.90. The Morgan fingerprint density at radius 3 is 2.50 bits per heavy atom. The van der Waals surface area contributed by atoms with Crippen LogP contribution in [0.2, 0.25) is 0 Å². The van der Waals surface area contributed by atoms with Crippen LogP contribution in [0.25, 0.3) is 0 Å². The third-order valence-corrected chi connectivity index (χ3v) is 5.45. The van der Waals surface area contributed by atoms with Crippen molar-refractivity contribution in [3.05, 3.63) is 66.0 Å². The average molecular weight is 399 g/mol. The predicted molar refractivity (Wildman–Crippen MR) is 112 cm³/mol. The maximum atomic E-state index is 13.3. The van der Waals surface area contributed by atoms with Gasteiger partial charge in [0, 0.05) is 17.7 Å². The molecule has 148 valence electrons. The molecular weight excluding hydrogens is 370 g/mol. The van der Waals surface area contributed by atoms with E-state index in [1.165, 1.54) is 10.5 Å². The van der Waals surface area contributed by atoms with Crippen molar-refractivity contribution in [1.29, 1.82) is 0 Å². The van der Waals surface area contributed by atoms with Crippen LogP contribution in [-0.2, 0) is 23.8 Å².